The van der Waals surface area contributed by atoms with Crippen molar-refractivity contribution in [2.24, 2.45) is 11.7 Å². The molecule has 0 saturated heterocycles. The summed E-state index contributed by atoms with van der Waals surface area (Å²) in [5, 5.41) is 9.86. The highest BCUT2D eigenvalue weighted by Gasteiger charge is 2.20. The zero-order chi connectivity index (χ0) is 10.7. The van der Waals surface area contributed by atoms with Gasteiger partial charge in [0, 0.05) is 24.0 Å². The third-order valence-electron chi connectivity index (χ3n) is 2.26. The minimum atomic E-state index is -0.703. The average molecular weight is 195 g/mol. The van der Waals surface area contributed by atoms with Crippen molar-refractivity contribution in [2.75, 3.05) is 5.73 Å². The van der Waals surface area contributed by atoms with Gasteiger partial charge >= 0.3 is 0 Å². The maximum Gasteiger partial charge on any atom is 0.0958 e. The van der Waals surface area contributed by atoms with Crippen LogP contribution < -0.4 is 11.5 Å². The number of anilines is 1. The van der Waals surface area contributed by atoms with Crippen molar-refractivity contribution in [3.05, 3.63) is 24.0 Å². The van der Waals surface area contributed by atoms with Crippen molar-refractivity contribution in [2.45, 2.75) is 26.0 Å². The van der Waals surface area contributed by atoms with E-state index in [4.69, 9.17) is 11.5 Å². The van der Waals surface area contributed by atoms with Crippen LogP contribution in [0.4, 0.5) is 5.69 Å². The zero-order valence-electron chi connectivity index (χ0n) is 8.51. The van der Waals surface area contributed by atoms with Crippen molar-refractivity contribution in [1.82, 2.24) is 4.98 Å². The van der Waals surface area contributed by atoms with E-state index in [1.165, 1.54) is 6.20 Å². The van der Waals surface area contributed by atoms with Gasteiger partial charge in [-0.25, -0.2) is 0 Å². The largest absolute Gasteiger partial charge is 0.397 e. The predicted molar refractivity (Wildman–Crippen MR) is 56.4 cm³/mol. The fourth-order valence-corrected chi connectivity index (χ4v) is 1.22. The standard InChI is InChI=1S/C10H17N3O/c1-6(2)9(12)10(14)7-3-8(11)5-13-4-7/h3-6,9-10,14H,11-12H2,1-2H3/t9-,10+/m1/s1. The maximum atomic E-state index is 9.86. The number of rotatable bonds is 3. The van der Waals surface area contributed by atoms with Crippen molar-refractivity contribution >= 4 is 5.69 Å². The summed E-state index contributed by atoms with van der Waals surface area (Å²) in [7, 11) is 0. The Morgan fingerprint density at radius 2 is 2.00 bits per heavy atom. The van der Waals surface area contributed by atoms with Crippen LogP contribution in [0.5, 0.6) is 0 Å². The Morgan fingerprint density at radius 3 is 2.50 bits per heavy atom. The molecule has 0 bridgehead atoms. The van der Waals surface area contributed by atoms with E-state index in [0.717, 1.165) is 0 Å². The van der Waals surface area contributed by atoms with E-state index in [2.05, 4.69) is 4.98 Å². The SMILES string of the molecule is CC(C)[C@@H](N)[C@@H](O)c1cncc(N)c1. The quantitative estimate of drug-likeness (QED) is 0.662. The molecule has 1 aromatic heterocycles. The summed E-state index contributed by atoms with van der Waals surface area (Å²) < 4.78 is 0. The van der Waals surface area contributed by atoms with Crippen molar-refractivity contribution in [3.63, 3.8) is 0 Å². The fourth-order valence-electron chi connectivity index (χ4n) is 1.22. The number of aliphatic hydroxyl groups is 1. The van der Waals surface area contributed by atoms with E-state index in [0.29, 0.717) is 11.3 Å². The Kier molecular flexibility index (Phi) is 3.43. The maximum absolute atomic E-state index is 9.86. The monoisotopic (exact) mass is 195 g/mol. The first-order chi connectivity index (χ1) is 6.52. The molecule has 0 aliphatic rings. The van der Waals surface area contributed by atoms with Gasteiger partial charge in [-0.05, 0) is 12.0 Å². The molecule has 0 radical (unpaired) electrons. The second kappa shape index (κ2) is 4.39. The molecule has 0 aromatic carbocycles. The van der Waals surface area contributed by atoms with E-state index in [9.17, 15) is 5.11 Å². The molecular formula is C10H17N3O. The lowest BCUT2D eigenvalue weighted by Gasteiger charge is -2.22. The Balaban J connectivity index is 2.83. The Bertz CT molecular complexity index is 301. The molecule has 78 valence electrons. The second-order valence-corrected chi connectivity index (χ2v) is 3.82. The van der Waals surface area contributed by atoms with Crippen LogP contribution in [0.15, 0.2) is 18.5 Å². The molecule has 4 nitrogen and oxygen atoms in total. The first-order valence-corrected chi connectivity index (χ1v) is 4.66. The van der Waals surface area contributed by atoms with Crippen molar-refractivity contribution in [3.8, 4) is 0 Å². The molecule has 0 spiro atoms. The number of nitrogens with two attached hydrogens (primary N) is 2. The molecule has 0 unspecified atom stereocenters. The second-order valence-electron chi connectivity index (χ2n) is 3.82. The van der Waals surface area contributed by atoms with E-state index in [1.54, 1.807) is 12.3 Å². The number of pyridine rings is 1. The van der Waals surface area contributed by atoms with E-state index >= 15 is 0 Å². The van der Waals surface area contributed by atoms with Crippen LogP contribution >= 0.6 is 0 Å². The lowest BCUT2D eigenvalue weighted by atomic mass is 9.95. The van der Waals surface area contributed by atoms with Gasteiger partial charge < -0.3 is 16.6 Å². The molecule has 0 fully saturated rings. The van der Waals surface area contributed by atoms with Gasteiger partial charge in [0.1, 0.15) is 0 Å². The predicted octanol–water partition coefficient (Wildman–Crippen LogP) is 0.680. The van der Waals surface area contributed by atoms with Crippen molar-refractivity contribution < 1.29 is 5.11 Å². The highest BCUT2D eigenvalue weighted by Crippen LogP contribution is 2.20. The Labute approximate surface area is 83.9 Å². The number of aromatic nitrogens is 1. The van der Waals surface area contributed by atoms with Crippen LogP contribution in [0, 0.1) is 5.92 Å². The van der Waals surface area contributed by atoms with Gasteiger partial charge in [-0.1, -0.05) is 13.8 Å². The minimum Gasteiger partial charge on any atom is -0.397 e. The third-order valence-corrected chi connectivity index (χ3v) is 2.26. The first kappa shape index (κ1) is 10.9. The van der Waals surface area contributed by atoms with Gasteiger partial charge in [0.2, 0.25) is 0 Å². The van der Waals surface area contributed by atoms with Gasteiger partial charge in [-0.2, -0.15) is 0 Å². The van der Waals surface area contributed by atoms with Gasteiger partial charge in [-0.15, -0.1) is 0 Å². The number of nitrogen functional groups attached to an aromatic ring is 1. The average Bonchev–Trinajstić information content (AvgIpc) is 2.15. The highest BCUT2D eigenvalue weighted by molar-refractivity contribution is 5.38. The van der Waals surface area contributed by atoms with Gasteiger partial charge in [0.05, 0.1) is 11.8 Å². The fraction of sp³-hybridized carbons (Fsp3) is 0.500. The van der Waals surface area contributed by atoms with E-state index in [1.807, 2.05) is 13.8 Å². The highest BCUT2D eigenvalue weighted by atomic mass is 16.3. The number of hydrogen-bond donors (Lipinski definition) is 3. The smallest absolute Gasteiger partial charge is 0.0958 e. The van der Waals surface area contributed by atoms with Gasteiger partial charge in [-0.3, -0.25) is 4.98 Å². The molecule has 4 heteroatoms. The lowest BCUT2D eigenvalue weighted by Crippen LogP contribution is -2.33. The molecular weight excluding hydrogens is 178 g/mol. The Morgan fingerprint density at radius 1 is 1.36 bits per heavy atom. The summed E-state index contributed by atoms with van der Waals surface area (Å²) >= 11 is 0. The van der Waals surface area contributed by atoms with Crippen LogP contribution in [-0.2, 0) is 0 Å². The zero-order valence-corrected chi connectivity index (χ0v) is 8.51. The van der Waals surface area contributed by atoms with E-state index < -0.39 is 6.10 Å². The summed E-state index contributed by atoms with van der Waals surface area (Å²) in [6.07, 6.45) is 2.42. The lowest BCUT2D eigenvalue weighted by molar-refractivity contribution is 0.125. The molecule has 2 atom stereocenters. The van der Waals surface area contributed by atoms with Crippen LogP contribution in [-0.4, -0.2) is 16.1 Å². The molecule has 5 N–H and O–H groups in total. The number of hydrogen-bond acceptors (Lipinski definition) is 4. The first-order valence-electron chi connectivity index (χ1n) is 4.66. The summed E-state index contributed by atoms with van der Waals surface area (Å²) in [5.74, 6) is 0.214. The van der Waals surface area contributed by atoms with Gasteiger partial charge in [0.25, 0.3) is 0 Å². The topological polar surface area (TPSA) is 85.2 Å². The van der Waals surface area contributed by atoms with Gasteiger partial charge in [0.15, 0.2) is 0 Å². The normalized spacial score (nSPS) is 15.5. The molecule has 0 aliphatic heterocycles. The summed E-state index contributed by atoms with van der Waals surface area (Å²) in [6.45, 7) is 3.93. The summed E-state index contributed by atoms with van der Waals surface area (Å²) in [6, 6.07) is 1.40. The summed E-state index contributed by atoms with van der Waals surface area (Å²) in [5.41, 5.74) is 12.6. The van der Waals surface area contributed by atoms with Crippen LogP contribution in [0.2, 0.25) is 0 Å². The number of nitrogens with zero attached hydrogens (tertiary/aromatic N) is 1. The Hall–Kier alpha value is -1.13. The molecule has 0 aliphatic carbocycles. The van der Waals surface area contributed by atoms with E-state index in [-0.39, 0.29) is 12.0 Å². The van der Waals surface area contributed by atoms with Crippen molar-refractivity contribution in [1.29, 1.82) is 0 Å². The molecule has 0 saturated carbocycles. The molecule has 0 amide bonds. The number of aliphatic hydroxyl groups excluding tert-OH is 1. The summed E-state index contributed by atoms with van der Waals surface area (Å²) in [4.78, 5) is 3.91. The third kappa shape index (κ3) is 2.43. The molecule has 14 heavy (non-hydrogen) atoms. The van der Waals surface area contributed by atoms with Crippen LogP contribution in [0.25, 0.3) is 0 Å². The molecule has 1 heterocycles. The minimum absolute atomic E-state index is 0.214. The molecule has 1 rings (SSSR count). The molecule has 1 aromatic rings. The van der Waals surface area contributed by atoms with Crippen LogP contribution in [0.3, 0.4) is 0 Å². The van der Waals surface area contributed by atoms with Crippen LogP contribution in [0.1, 0.15) is 25.5 Å².